The van der Waals surface area contributed by atoms with Gasteiger partial charge in [-0.15, -0.1) is 0 Å². The van der Waals surface area contributed by atoms with Crippen LogP contribution in [0.15, 0.2) is 16.9 Å². The van der Waals surface area contributed by atoms with E-state index >= 15 is 0 Å². The first-order valence-electron chi connectivity index (χ1n) is 6.80. The van der Waals surface area contributed by atoms with Crippen molar-refractivity contribution in [2.75, 3.05) is 6.54 Å². The predicted molar refractivity (Wildman–Crippen MR) is 74.5 cm³/mol. The molecule has 5 nitrogen and oxygen atoms in total. The Morgan fingerprint density at radius 1 is 1.41 bits per heavy atom. The quantitative estimate of drug-likeness (QED) is 0.775. The molecule has 0 fully saturated rings. The van der Waals surface area contributed by atoms with Gasteiger partial charge < -0.3 is 15.4 Å². The summed E-state index contributed by atoms with van der Waals surface area (Å²) in [6, 6.07) is 1.44. The van der Waals surface area contributed by atoms with Crippen LogP contribution in [-0.4, -0.2) is 28.1 Å². The number of carbonyl (C=O) groups excluding carboxylic acids is 1. The zero-order chi connectivity index (χ0) is 17.1. The van der Waals surface area contributed by atoms with Crippen LogP contribution in [0.25, 0.3) is 0 Å². The van der Waals surface area contributed by atoms with Crippen molar-refractivity contribution in [2.45, 2.75) is 39.0 Å². The van der Waals surface area contributed by atoms with Gasteiger partial charge in [-0.05, 0) is 25.0 Å². The Hall–Kier alpha value is -1.83. The zero-order valence-electron chi connectivity index (χ0n) is 12.5. The first-order chi connectivity index (χ1) is 9.99. The number of hydrogen-bond acceptors (Lipinski definition) is 3. The summed E-state index contributed by atoms with van der Waals surface area (Å²) in [6.07, 6.45) is -4.00. The Morgan fingerprint density at radius 3 is 2.45 bits per heavy atom. The molecule has 22 heavy (non-hydrogen) atoms. The van der Waals surface area contributed by atoms with Gasteiger partial charge in [-0.1, -0.05) is 20.3 Å². The van der Waals surface area contributed by atoms with Gasteiger partial charge in [0.1, 0.15) is 11.3 Å². The Bertz CT molecular complexity index is 594. The number of carbonyl (C=O) groups is 1. The van der Waals surface area contributed by atoms with Crippen LogP contribution >= 0.6 is 0 Å². The van der Waals surface area contributed by atoms with E-state index in [4.69, 9.17) is 0 Å². The van der Waals surface area contributed by atoms with E-state index in [1.54, 1.807) is 18.8 Å². The molecule has 2 unspecified atom stereocenters. The summed E-state index contributed by atoms with van der Waals surface area (Å²) in [5.74, 6) is -0.933. The Morgan fingerprint density at radius 2 is 2.00 bits per heavy atom. The third-order valence-corrected chi connectivity index (χ3v) is 3.74. The molecule has 0 saturated heterocycles. The number of aliphatic hydroxyl groups is 1. The van der Waals surface area contributed by atoms with Gasteiger partial charge in [-0.2, -0.15) is 13.2 Å². The van der Waals surface area contributed by atoms with Gasteiger partial charge in [-0.3, -0.25) is 9.59 Å². The van der Waals surface area contributed by atoms with Crippen molar-refractivity contribution >= 4 is 5.91 Å². The van der Waals surface area contributed by atoms with Crippen molar-refractivity contribution in [3.8, 4) is 0 Å². The van der Waals surface area contributed by atoms with Gasteiger partial charge in [0.15, 0.2) is 0 Å². The molecule has 0 saturated carbocycles. The molecule has 0 radical (unpaired) electrons. The molecule has 3 N–H and O–H groups in total. The van der Waals surface area contributed by atoms with E-state index in [0.29, 0.717) is 12.5 Å². The molecule has 0 aliphatic carbocycles. The van der Waals surface area contributed by atoms with Crippen LogP contribution in [0.4, 0.5) is 13.2 Å². The average Bonchev–Trinajstić information content (AvgIpc) is 2.42. The monoisotopic (exact) mass is 320 g/mol. The van der Waals surface area contributed by atoms with Crippen molar-refractivity contribution in [1.82, 2.24) is 10.3 Å². The summed E-state index contributed by atoms with van der Waals surface area (Å²) < 4.78 is 37.3. The Kier molecular flexibility index (Phi) is 5.39. The van der Waals surface area contributed by atoms with Crippen LogP contribution in [0.3, 0.4) is 0 Å². The fourth-order valence-electron chi connectivity index (χ4n) is 1.79. The van der Waals surface area contributed by atoms with Crippen molar-refractivity contribution in [3.63, 3.8) is 0 Å². The highest BCUT2D eigenvalue weighted by atomic mass is 19.4. The molecular formula is C14H19F3N2O3. The molecule has 8 heteroatoms. The van der Waals surface area contributed by atoms with Gasteiger partial charge >= 0.3 is 6.18 Å². The van der Waals surface area contributed by atoms with E-state index in [1.807, 2.05) is 6.92 Å². The highest BCUT2D eigenvalue weighted by molar-refractivity contribution is 5.93. The Labute approximate surface area is 125 Å². The maximum Gasteiger partial charge on any atom is 0.431 e. The molecule has 0 aromatic carbocycles. The number of aromatic amines is 1. The highest BCUT2D eigenvalue weighted by Gasteiger charge is 2.32. The summed E-state index contributed by atoms with van der Waals surface area (Å²) >= 11 is 0. The molecule has 1 rings (SSSR count). The van der Waals surface area contributed by atoms with E-state index < -0.39 is 34.5 Å². The second-order valence-electron chi connectivity index (χ2n) is 5.46. The van der Waals surface area contributed by atoms with E-state index in [9.17, 15) is 27.9 Å². The fraction of sp³-hybridized carbons (Fsp3) is 0.571. The molecule has 1 heterocycles. The number of halogens is 3. The number of H-pyrrole nitrogens is 1. The van der Waals surface area contributed by atoms with Crippen molar-refractivity contribution in [2.24, 2.45) is 5.92 Å². The van der Waals surface area contributed by atoms with Crippen LogP contribution in [0.2, 0.25) is 0 Å². The first-order valence-corrected chi connectivity index (χ1v) is 6.80. The summed E-state index contributed by atoms with van der Waals surface area (Å²) in [4.78, 5) is 25.0. The van der Waals surface area contributed by atoms with Crippen LogP contribution in [0.5, 0.6) is 0 Å². The van der Waals surface area contributed by atoms with Gasteiger partial charge in [0.05, 0.1) is 5.60 Å². The largest absolute Gasteiger partial charge is 0.431 e. The van der Waals surface area contributed by atoms with Crippen LogP contribution < -0.4 is 10.9 Å². The SMILES string of the molecule is CCC(C)C(C)(O)CNC(=O)c1ccc(C(F)(F)F)[nH]c1=O. The number of nitrogens with one attached hydrogen (secondary N) is 2. The average molecular weight is 320 g/mol. The standard InChI is InChI=1S/C14H19F3N2O3/c1-4-8(2)13(3,22)7-18-11(20)9-5-6-10(14(15,16)17)19-12(9)21/h5-6,8,22H,4,7H2,1-3H3,(H,18,20)(H,19,21). The number of pyridine rings is 1. The summed E-state index contributed by atoms with van der Waals surface area (Å²) in [5.41, 5.74) is -3.97. The lowest BCUT2D eigenvalue weighted by molar-refractivity contribution is -0.141. The molecule has 1 amide bonds. The summed E-state index contributed by atoms with van der Waals surface area (Å²) in [7, 11) is 0. The van der Waals surface area contributed by atoms with Crippen LogP contribution in [0.1, 0.15) is 43.2 Å². The lowest BCUT2D eigenvalue weighted by Crippen LogP contribution is -2.45. The number of hydrogen-bond donors (Lipinski definition) is 3. The topological polar surface area (TPSA) is 82.2 Å². The lowest BCUT2D eigenvalue weighted by atomic mass is 9.88. The molecule has 1 aromatic rings. The third kappa shape index (κ3) is 4.33. The zero-order valence-corrected chi connectivity index (χ0v) is 12.5. The minimum absolute atomic E-state index is 0.0984. The second-order valence-corrected chi connectivity index (χ2v) is 5.46. The van der Waals surface area contributed by atoms with E-state index in [0.717, 1.165) is 6.07 Å². The van der Waals surface area contributed by atoms with Crippen LogP contribution in [0, 0.1) is 5.92 Å². The smallest absolute Gasteiger partial charge is 0.388 e. The molecule has 0 aliphatic rings. The molecule has 0 bridgehead atoms. The number of alkyl halides is 3. The van der Waals surface area contributed by atoms with Gasteiger partial charge in [0.2, 0.25) is 0 Å². The summed E-state index contributed by atoms with van der Waals surface area (Å²) in [6.45, 7) is 5.11. The molecular weight excluding hydrogens is 301 g/mol. The summed E-state index contributed by atoms with van der Waals surface area (Å²) in [5, 5.41) is 12.5. The maximum atomic E-state index is 12.4. The molecule has 0 spiro atoms. The number of amides is 1. The molecule has 0 aliphatic heterocycles. The van der Waals surface area contributed by atoms with Gasteiger partial charge in [-0.25, -0.2) is 0 Å². The highest BCUT2D eigenvalue weighted by Crippen LogP contribution is 2.26. The maximum absolute atomic E-state index is 12.4. The van der Waals surface area contributed by atoms with E-state index in [-0.39, 0.29) is 12.5 Å². The number of aromatic nitrogens is 1. The van der Waals surface area contributed by atoms with Gasteiger partial charge in [0.25, 0.3) is 11.5 Å². The van der Waals surface area contributed by atoms with E-state index in [1.165, 1.54) is 0 Å². The molecule has 124 valence electrons. The molecule has 1 aromatic heterocycles. The van der Waals surface area contributed by atoms with Crippen molar-refractivity contribution in [1.29, 1.82) is 0 Å². The third-order valence-electron chi connectivity index (χ3n) is 3.74. The minimum Gasteiger partial charge on any atom is -0.388 e. The minimum atomic E-state index is -4.69. The lowest BCUT2D eigenvalue weighted by Gasteiger charge is -2.29. The van der Waals surface area contributed by atoms with E-state index in [2.05, 4.69) is 5.32 Å². The second kappa shape index (κ2) is 6.51. The predicted octanol–water partition coefficient (Wildman–Crippen LogP) is 1.92. The van der Waals surface area contributed by atoms with Gasteiger partial charge in [0, 0.05) is 6.54 Å². The molecule has 2 atom stereocenters. The first kappa shape index (κ1) is 18.2. The van der Waals surface area contributed by atoms with Crippen LogP contribution in [-0.2, 0) is 6.18 Å². The van der Waals surface area contributed by atoms with Crippen molar-refractivity contribution < 1.29 is 23.1 Å². The normalized spacial score (nSPS) is 16.0. The Balaban J connectivity index is 2.86. The number of rotatable bonds is 5. The fourth-order valence-corrected chi connectivity index (χ4v) is 1.79. The van der Waals surface area contributed by atoms with Crippen molar-refractivity contribution in [3.05, 3.63) is 33.7 Å².